The summed E-state index contributed by atoms with van der Waals surface area (Å²) in [6.45, 7) is 3.67. The highest BCUT2D eigenvalue weighted by Crippen LogP contribution is 2.40. The summed E-state index contributed by atoms with van der Waals surface area (Å²) in [5.74, 6) is -1.72. The molecule has 1 aliphatic carbocycles. The SMILES string of the molecule is Cc1cc(C)n(-c2ccc(C(=O)N3C(C(=O)O)CC4CCCCC43)cc2F)n1. The van der Waals surface area contributed by atoms with Crippen LogP contribution in [0.25, 0.3) is 5.69 Å². The molecule has 3 atom stereocenters. The lowest BCUT2D eigenvalue weighted by atomic mass is 9.84. The van der Waals surface area contributed by atoms with E-state index >= 15 is 0 Å². The van der Waals surface area contributed by atoms with Gasteiger partial charge in [-0.15, -0.1) is 0 Å². The quantitative estimate of drug-likeness (QED) is 0.878. The lowest BCUT2D eigenvalue weighted by Crippen LogP contribution is -2.46. The van der Waals surface area contributed by atoms with Gasteiger partial charge in [-0.25, -0.2) is 13.9 Å². The first-order chi connectivity index (χ1) is 13.4. The highest BCUT2D eigenvalue weighted by atomic mass is 19.1. The minimum absolute atomic E-state index is 0.0684. The smallest absolute Gasteiger partial charge is 0.326 e. The minimum atomic E-state index is -0.984. The fourth-order valence-corrected chi connectivity index (χ4v) is 4.81. The van der Waals surface area contributed by atoms with Crippen LogP contribution in [0.3, 0.4) is 0 Å². The number of nitrogens with zero attached hydrogens (tertiary/aromatic N) is 3. The van der Waals surface area contributed by atoms with Gasteiger partial charge in [-0.05, 0) is 63.3 Å². The molecule has 1 saturated heterocycles. The first-order valence-electron chi connectivity index (χ1n) is 9.75. The monoisotopic (exact) mass is 385 g/mol. The zero-order valence-corrected chi connectivity index (χ0v) is 16.1. The van der Waals surface area contributed by atoms with Crippen LogP contribution in [-0.2, 0) is 4.79 Å². The van der Waals surface area contributed by atoms with Crippen LogP contribution in [0, 0.1) is 25.6 Å². The number of carbonyl (C=O) groups excluding carboxylic acids is 1. The number of carboxylic acid groups (broad SMARTS) is 1. The Morgan fingerprint density at radius 3 is 2.57 bits per heavy atom. The summed E-state index contributed by atoms with van der Waals surface area (Å²) in [6, 6.07) is 5.24. The number of amides is 1. The molecule has 0 bridgehead atoms. The molecule has 2 heterocycles. The topological polar surface area (TPSA) is 75.4 Å². The molecule has 1 aromatic carbocycles. The summed E-state index contributed by atoms with van der Waals surface area (Å²) < 4.78 is 16.3. The molecule has 6 nitrogen and oxygen atoms in total. The number of rotatable bonds is 3. The van der Waals surface area contributed by atoms with Crippen LogP contribution in [-0.4, -0.2) is 43.7 Å². The zero-order chi connectivity index (χ0) is 20.0. The second-order valence-corrected chi connectivity index (χ2v) is 7.92. The predicted molar refractivity (Wildman–Crippen MR) is 101 cm³/mol. The Kier molecular flexibility index (Phi) is 4.69. The number of likely N-dealkylation sites (tertiary alicyclic amines) is 1. The van der Waals surface area contributed by atoms with Gasteiger partial charge < -0.3 is 10.0 Å². The molecule has 2 aromatic rings. The molecule has 2 fully saturated rings. The van der Waals surface area contributed by atoms with E-state index in [-0.39, 0.29) is 23.2 Å². The number of fused-ring (bicyclic) bond motifs is 1. The normalized spacial score (nSPS) is 24.2. The lowest BCUT2D eigenvalue weighted by molar-refractivity contribution is -0.141. The molecule has 4 rings (SSSR count). The summed E-state index contributed by atoms with van der Waals surface area (Å²) in [5, 5.41) is 13.9. The Balaban J connectivity index is 1.66. The largest absolute Gasteiger partial charge is 0.480 e. The van der Waals surface area contributed by atoms with Gasteiger partial charge in [0.15, 0.2) is 0 Å². The van der Waals surface area contributed by atoms with Crippen molar-refractivity contribution in [3.05, 3.63) is 47.0 Å². The van der Waals surface area contributed by atoms with Crippen molar-refractivity contribution in [3.8, 4) is 5.69 Å². The van der Waals surface area contributed by atoms with Crippen molar-refractivity contribution in [2.24, 2.45) is 5.92 Å². The van der Waals surface area contributed by atoms with Crippen molar-refractivity contribution in [1.29, 1.82) is 0 Å². The molecule has 28 heavy (non-hydrogen) atoms. The summed E-state index contributed by atoms with van der Waals surface area (Å²) in [4.78, 5) is 26.4. The number of aromatic nitrogens is 2. The second-order valence-electron chi connectivity index (χ2n) is 7.92. The number of carboxylic acids is 1. The summed E-state index contributed by atoms with van der Waals surface area (Å²) >= 11 is 0. The maximum Gasteiger partial charge on any atom is 0.326 e. The van der Waals surface area contributed by atoms with Crippen LogP contribution in [0.4, 0.5) is 4.39 Å². The molecular weight excluding hydrogens is 361 g/mol. The van der Waals surface area contributed by atoms with Crippen LogP contribution >= 0.6 is 0 Å². The molecule has 2 aliphatic rings. The van der Waals surface area contributed by atoms with Crippen molar-refractivity contribution in [1.82, 2.24) is 14.7 Å². The lowest BCUT2D eigenvalue weighted by Gasteiger charge is -2.33. The van der Waals surface area contributed by atoms with Crippen molar-refractivity contribution < 1.29 is 19.1 Å². The molecule has 1 aromatic heterocycles. The molecule has 1 amide bonds. The molecule has 7 heteroatoms. The van der Waals surface area contributed by atoms with E-state index in [1.54, 1.807) is 6.07 Å². The number of hydrogen-bond acceptors (Lipinski definition) is 3. The third kappa shape index (κ3) is 3.08. The average Bonchev–Trinajstić information content (AvgIpc) is 3.20. The van der Waals surface area contributed by atoms with E-state index in [1.165, 1.54) is 21.7 Å². The van der Waals surface area contributed by atoms with Crippen molar-refractivity contribution >= 4 is 11.9 Å². The van der Waals surface area contributed by atoms with Crippen LogP contribution in [0.5, 0.6) is 0 Å². The van der Waals surface area contributed by atoms with E-state index in [2.05, 4.69) is 5.10 Å². The molecule has 3 unspecified atom stereocenters. The Morgan fingerprint density at radius 2 is 1.93 bits per heavy atom. The zero-order valence-electron chi connectivity index (χ0n) is 16.1. The van der Waals surface area contributed by atoms with Crippen molar-refractivity contribution in [3.63, 3.8) is 0 Å². The van der Waals surface area contributed by atoms with E-state index in [0.717, 1.165) is 37.1 Å². The van der Waals surface area contributed by atoms with E-state index in [1.807, 2.05) is 19.9 Å². The van der Waals surface area contributed by atoms with Crippen molar-refractivity contribution in [2.45, 2.75) is 58.0 Å². The van der Waals surface area contributed by atoms with E-state index in [4.69, 9.17) is 0 Å². The summed E-state index contributed by atoms with van der Waals surface area (Å²) in [7, 11) is 0. The number of halogens is 1. The molecule has 148 valence electrons. The van der Waals surface area contributed by atoms with E-state index in [0.29, 0.717) is 6.42 Å². The number of hydrogen-bond donors (Lipinski definition) is 1. The second kappa shape index (κ2) is 7.04. The first kappa shape index (κ1) is 18.7. The van der Waals surface area contributed by atoms with Gasteiger partial charge in [0.2, 0.25) is 0 Å². The number of aliphatic carboxylic acids is 1. The predicted octanol–water partition coefficient (Wildman–Crippen LogP) is 3.49. The van der Waals surface area contributed by atoms with Gasteiger partial charge in [-0.3, -0.25) is 4.79 Å². The highest BCUT2D eigenvalue weighted by molar-refractivity contribution is 5.97. The molecule has 1 N–H and O–H groups in total. The fraction of sp³-hybridized carbons (Fsp3) is 0.476. The first-order valence-corrected chi connectivity index (χ1v) is 9.75. The fourth-order valence-electron chi connectivity index (χ4n) is 4.81. The van der Waals surface area contributed by atoms with Gasteiger partial charge in [-0.1, -0.05) is 12.8 Å². The molecule has 0 radical (unpaired) electrons. The average molecular weight is 385 g/mol. The molecular formula is C21H24FN3O3. The van der Waals surface area contributed by atoms with Gasteiger partial charge >= 0.3 is 5.97 Å². The summed E-state index contributed by atoms with van der Waals surface area (Å²) in [5.41, 5.74) is 2.03. The Hall–Kier alpha value is -2.70. The van der Waals surface area contributed by atoms with Gasteiger partial charge in [0, 0.05) is 17.3 Å². The standard InChI is InChI=1S/C21H24FN3O3/c1-12-9-13(2)25(23-12)18-8-7-15(10-16(18)22)20(26)24-17-6-4-3-5-14(17)11-19(24)21(27)28/h7-10,14,17,19H,3-6,11H2,1-2H3,(H,27,28). The number of carbonyl (C=O) groups is 2. The Morgan fingerprint density at radius 1 is 1.18 bits per heavy atom. The third-order valence-corrected chi connectivity index (χ3v) is 6.04. The third-order valence-electron chi connectivity index (χ3n) is 6.04. The maximum atomic E-state index is 14.8. The Bertz CT molecular complexity index is 939. The van der Waals surface area contributed by atoms with Crippen LogP contribution in [0.15, 0.2) is 24.3 Å². The van der Waals surface area contributed by atoms with Crippen LogP contribution < -0.4 is 0 Å². The Labute approximate surface area is 163 Å². The number of benzene rings is 1. The van der Waals surface area contributed by atoms with Crippen molar-refractivity contribution in [2.75, 3.05) is 0 Å². The van der Waals surface area contributed by atoms with E-state index < -0.39 is 23.7 Å². The summed E-state index contributed by atoms with van der Waals surface area (Å²) in [6.07, 6.45) is 4.30. The van der Waals surface area contributed by atoms with E-state index in [9.17, 15) is 19.1 Å². The highest BCUT2D eigenvalue weighted by Gasteiger charge is 2.47. The van der Waals surface area contributed by atoms with Gasteiger partial charge in [-0.2, -0.15) is 5.10 Å². The molecule has 1 saturated carbocycles. The molecule has 1 aliphatic heterocycles. The van der Waals surface area contributed by atoms with Crippen LogP contribution in [0.2, 0.25) is 0 Å². The van der Waals surface area contributed by atoms with Crippen LogP contribution in [0.1, 0.15) is 53.8 Å². The maximum absolute atomic E-state index is 14.8. The van der Waals surface area contributed by atoms with Gasteiger partial charge in [0.1, 0.15) is 17.5 Å². The minimum Gasteiger partial charge on any atom is -0.480 e. The van der Waals surface area contributed by atoms with Gasteiger partial charge in [0.25, 0.3) is 5.91 Å². The van der Waals surface area contributed by atoms with Gasteiger partial charge in [0.05, 0.1) is 5.69 Å². The number of aryl methyl sites for hydroxylation is 2. The molecule has 0 spiro atoms.